The fourth-order valence-corrected chi connectivity index (χ4v) is 7.83. The molecule has 4 heterocycles. The van der Waals surface area contributed by atoms with E-state index in [2.05, 4.69) is 30.0 Å². The minimum atomic E-state index is -0.326. The summed E-state index contributed by atoms with van der Waals surface area (Å²) in [5.74, 6) is 0.0612. The van der Waals surface area contributed by atoms with E-state index in [1.165, 1.54) is 18.2 Å². The van der Waals surface area contributed by atoms with Crippen molar-refractivity contribution in [1.82, 2.24) is 14.3 Å². The SMILES string of the molecule is COC(=O)[Si][C@@H]1CCN(c2ccc(-c3nc4c(C5CC5)cc(C(=O)N5CCc6ccccc6[C@H]5C)cn4c3C)c(F)c2)C1. The first-order valence-corrected chi connectivity index (χ1v) is 16.2. The van der Waals surface area contributed by atoms with Crippen molar-refractivity contribution in [3.63, 3.8) is 0 Å². The van der Waals surface area contributed by atoms with Crippen LogP contribution in [0.4, 0.5) is 14.9 Å². The van der Waals surface area contributed by atoms with Gasteiger partial charge in [-0.2, -0.15) is 0 Å². The van der Waals surface area contributed by atoms with Gasteiger partial charge in [-0.1, -0.05) is 24.3 Å². The molecule has 2 aromatic carbocycles. The van der Waals surface area contributed by atoms with Crippen LogP contribution in [0.25, 0.3) is 16.9 Å². The first-order valence-electron chi connectivity index (χ1n) is 15.1. The number of fused-ring (bicyclic) bond motifs is 2. The van der Waals surface area contributed by atoms with Gasteiger partial charge in [0, 0.05) is 42.8 Å². The number of aromatic nitrogens is 2. The topological polar surface area (TPSA) is 67.2 Å². The lowest BCUT2D eigenvalue weighted by Crippen LogP contribution is -2.39. The first kappa shape index (κ1) is 27.8. The third kappa shape index (κ3) is 5.03. The molecule has 9 heteroatoms. The van der Waals surface area contributed by atoms with E-state index in [0.717, 1.165) is 54.8 Å². The van der Waals surface area contributed by atoms with Gasteiger partial charge in [0.1, 0.15) is 11.5 Å². The maximum atomic E-state index is 15.7. The molecule has 0 N–H and O–H groups in total. The number of halogens is 1. The highest BCUT2D eigenvalue weighted by atomic mass is 28.2. The number of anilines is 1. The van der Waals surface area contributed by atoms with Gasteiger partial charge in [-0.3, -0.25) is 9.59 Å². The van der Waals surface area contributed by atoms with Gasteiger partial charge in [0.2, 0.25) is 0 Å². The van der Waals surface area contributed by atoms with E-state index < -0.39 is 0 Å². The van der Waals surface area contributed by atoms with Crippen LogP contribution >= 0.6 is 0 Å². The summed E-state index contributed by atoms with van der Waals surface area (Å²) in [4.78, 5) is 34.8. The second-order valence-electron chi connectivity index (χ2n) is 12.1. The van der Waals surface area contributed by atoms with Crippen LogP contribution in [-0.4, -0.2) is 62.0 Å². The number of carbonyl (C=O) groups is 2. The summed E-state index contributed by atoms with van der Waals surface area (Å²) in [6, 6.07) is 15.7. The van der Waals surface area contributed by atoms with Gasteiger partial charge < -0.3 is 18.9 Å². The van der Waals surface area contributed by atoms with Crippen molar-refractivity contribution in [3.8, 4) is 11.3 Å². The van der Waals surface area contributed by atoms with Gasteiger partial charge in [0.25, 0.3) is 11.5 Å². The molecule has 43 heavy (non-hydrogen) atoms. The first-order chi connectivity index (χ1) is 20.8. The molecule has 4 aromatic rings. The van der Waals surface area contributed by atoms with E-state index in [1.54, 1.807) is 6.07 Å². The number of amides is 1. The maximum Gasteiger partial charge on any atom is 0.267 e. The number of pyridine rings is 1. The number of rotatable bonds is 6. The van der Waals surface area contributed by atoms with Crippen molar-refractivity contribution in [2.75, 3.05) is 31.6 Å². The van der Waals surface area contributed by atoms with Crippen molar-refractivity contribution in [2.45, 2.75) is 57.0 Å². The monoisotopic (exact) mass is 594 g/mol. The highest BCUT2D eigenvalue weighted by Crippen LogP contribution is 2.44. The largest absolute Gasteiger partial charge is 0.474 e. The number of ether oxygens (including phenoxy) is 1. The Hall–Kier alpha value is -3.98. The van der Waals surface area contributed by atoms with Crippen LogP contribution in [0.1, 0.15) is 70.9 Å². The third-order valence-corrected chi connectivity index (χ3v) is 10.7. The molecule has 2 aliphatic heterocycles. The Bertz CT molecular complexity index is 1750. The van der Waals surface area contributed by atoms with Gasteiger partial charge >= 0.3 is 0 Å². The number of carbonyl (C=O) groups excluding carboxylic acids is 2. The molecule has 0 bridgehead atoms. The molecular formula is C34H35FN4O3Si. The molecule has 3 aliphatic rings. The molecule has 2 fully saturated rings. The molecule has 220 valence electrons. The summed E-state index contributed by atoms with van der Waals surface area (Å²) in [6.07, 6.45) is 5.76. The lowest BCUT2D eigenvalue weighted by atomic mass is 9.93. The standard InChI is InChI=1S/C34H35FN4O3Si/c1-20-27-7-5-4-6-22(27)12-15-38(20)33(40)24-16-29(23-8-9-23)32-36-31(21(2)39(32)18-24)28-11-10-25(17-30(28)35)37-14-13-26(19-37)43-34(41)42-3/h4-7,10-11,16-18,20,23,26H,8-9,12-15,19H2,1-3H3/t20-,26-/m1/s1. The van der Waals surface area contributed by atoms with Crippen LogP contribution in [0.2, 0.25) is 5.54 Å². The Labute approximate surface area is 253 Å². The Kier molecular flexibility index (Phi) is 7.08. The van der Waals surface area contributed by atoms with E-state index in [9.17, 15) is 9.59 Å². The van der Waals surface area contributed by atoms with Crippen molar-refractivity contribution < 1.29 is 18.7 Å². The molecule has 7 nitrogen and oxygen atoms in total. The number of hydrogen-bond acceptors (Lipinski definition) is 5. The number of nitrogens with zero attached hydrogens (tertiary/aromatic N) is 4. The summed E-state index contributed by atoms with van der Waals surface area (Å²) in [5.41, 5.74) is 7.77. The van der Waals surface area contributed by atoms with Crippen LogP contribution in [-0.2, 0) is 11.2 Å². The number of imidazole rings is 1. The third-order valence-electron chi connectivity index (χ3n) is 9.38. The molecule has 2 aromatic heterocycles. The zero-order valence-corrected chi connectivity index (χ0v) is 25.8. The summed E-state index contributed by atoms with van der Waals surface area (Å²) >= 11 is 0. The Morgan fingerprint density at radius 1 is 1.05 bits per heavy atom. The summed E-state index contributed by atoms with van der Waals surface area (Å²) in [7, 11) is 1.52. The van der Waals surface area contributed by atoms with Crippen LogP contribution in [0, 0.1) is 12.7 Å². The lowest BCUT2D eigenvalue weighted by molar-refractivity contribution is 0.0677. The second kappa shape index (κ2) is 10.9. The highest BCUT2D eigenvalue weighted by molar-refractivity contribution is 6.73. The highest BCUT2D eigenvalue weighted by Gasteiger charge is 2.33. The maximum absolute atomic E-state index is 15.7. The number of aryl methyl sites for hydroxylation is 1. The van der Waals surface area contributed by atoms with Gasteiger partial charge in [-0.15, -0.1) is 0 Å². The van der Waals surface area contributed by atoms with E-state index in [1.807, 2.05) is 46.7 Å². The molecule has 1 saturated heterocycles. The Balaban J connectivity index is 1.20. The van der Waals surface area contributed by atoms with Gasteiger partial charge in [0.15, 0.2) is 9.52 Å². The summed E-state index contributed by atoms with van der Waals surface area (Å²) in [5, 5.41) is 0. The van der Waals surface area contributed by atoms with E-state index in [0.29, 0.717) is 35.8 Å². The Morgan fingerprint density at radius 2 is 1.86 bits per heavy atom. The van der Waals surface area contributed by atoms with E-state index in [4.69, 9.17) is 9.72 Å². The normalized spacial score (nSPS) is 20.0. The van der Waals surface area contributed by atoms with Crippen molar-refractivity contribution >= 4 is 32.4 Å². The van der Waals surface area contributed by atoms with E-state index >= 15 is 4.39 Å². The van der Waals surface area contributed by atoms with Crippen LogP contribution in [0.3, 0.4) is 0 Å². The van der Waals surface area contributed by atoms with Crippen molar-refractivity contribution in [3.05, 3.63) is 88.5 Å². The van der Waals surface area contributed by atoms with Crippen LogP contribution in [0.5, 0.6) is 0 Å². The predicted molar refractivity (Wildman–Crippen MR) is 166 cm³/mol. The van der Waals surface area contributed by atoms with Crippen LogP contribution < -0.4 is 4.90 Å². The average Bonchev–Trinajstić information content (AvgIpc) is 3.68. The van der Waals surface area contributed by atoms with Gasteiger partial charge in [-0.05, 0) is 91.9 Å². The molecule has 1 aliphatic carbocycles. The Morgan fingerprint density at radius 3 is 2.63 bits per heavy atom. The molecule has 0 unspecified atom stereocenters. The zero-order valence-electron chi connectivity index (χ0n) is 24.8. The predicted octanol–water partition coefficient (Wildman–Crippen LogP) is 6.55. The number of methoxy groups -OCH3 is 1. The quantitative estimate of drug-likeness (QED) is 0.237. The average molecular weight is 595 g/mol. The van der Waals surface area contributed by atoms with Crippen molar-refractivity contribution in [1.29, 1.82) is 0 Å². The summed E-state index contributed by atoms with van der Waals surface area (Å²) < 4.78 is 22.6. The minimum absolute atomic E-state index is 0.00333. The molecule has 1 saturated carbocycles. The molecule has 1 amide bonds. The number of hydrogen-bond donors (Lipinski definition) is 0. The van der Waals surface area contributed by atoms with Gasteiger partial charge in [0.05, 0.1) is 24.4 Å². The minimum Gasteiger partial charge on any atom is -0.474 e. The van der Waals surface area contributed by atoms with Gasteiger partial charge in [-0.25, -0.2) is 9.37 Å². The van der Waals surface area contributed by atoms with E-state index in [-0.39, 0.29) is 38.4 Å². The molecule has 7 rings (SSSR count). The smallest absolute Gasteiger partial charge is 0.267 e. The molecule has 2 radical (unpaired) electrons. The zero-order chi connectivity index (χ0) is 29.8. The fraction of sp³-hybridized carbons (Fsp3) is 0.382. The lowest BCUT2D eigenvalue weighted by Gasteiger charge is -2.35. The van der Waals surface area contributed by atoms with Crippen LogP contribution in [0.15, 0.2) is 54.7 Å². The van der Waals surface area contributed by atoms with Crippen molar-refractivity contribution in [2.24, 2.45) is 0 Å². The fourth-order valence-electron chi connectivity index (χ4n) is 6.80. The second-order valence-corrected chi connectivity index (χ2v) is 13.6. The molecular weight excluding hydrogens is 559 g/mol. The number of benzene rings is 2. The molecule has 0 spiro atoms. The summed E-state index contributed by atoms with van der Waals surface area (Å²) in [6.45, 7) is 6.23. The molecule has 2 atom stereocenters.